The molecule has 1 fully saturated rings. The van der Waals surface area contributed by atoms with Gasteiger partial charge in [0.1, 0.15) is 22.9 Å². The van der Waals surface area contributed by atoms with Gasteiger partial charge in [-0.2, -0.15) is 5.10 Å². The van der Waals surface area contributed by atoms with Gasteiger partial charge in [-0.15, -0.1) is 0 Å². The zero-order chi connectivity index (χ0) is 24.9. The number of carbonyl (C=O) groups is 1. The first-order valence-electron chi connectivity index (χ1n) is 12.5. The predicted molar refractivity (Wildman–Crippen MR) is 139 cm³/mol. The fourth-order valence-electron chi connectivity index (χ4n) is 5.56. The minimum absolute atomic E-state index is 0.183. The van der Waals surface area contributed by atoms with Crippen molar-refractivity contribution >= 4 is 29.2 Å². The summed E-state index contributed by atoms with van der Waals surface area (Å²) in [4.78, 5) is 24.5. The molecule has 1 aliphatic carbocycles. The van der Waals surface area contributed by atoms with Crippen LogP contribution in [0, 0.1) is 5.82 Å². The Balaban J connectivity index is 1.29. The number of aromatic nitrogens is 3. The van der Waals surface area contributed by atoms with E-state index >= 15 is 0 Å². The largest absolute Gasteiger partial charge is 0.338 e. The average Bonchev–Trinajstić information content (AvgIpc) is 3.59. The second kappa shape index (κ2) is 8.55. The molecule has 2 aromatic heterocycles. The molecule has 1 amide bonds. The van der Waals surface area contributed by atoms with Gasteiger partial charge >= 0.3 is 0 Å². The summed E-state index contributed by atoms with van der Waals surface area (Å²) >= 11 is 0. The van der Waals surface area contributed by atoms with Crippen molar-refractivity contribution in [1.82, 2.24) is 20.1 Å². The third kappa shape index (κ3) is 3.66. The molecule has 3 aliphatic rings. The minimum Gasteiger partial charge on any atom is -0.338 e. The lowest BCUT2D eigenvalue weighted by atomic mass is 10.1. The summed E-state index contributed by atoms with van der Waals surface area (Å²) in [5, 5.41) is 11.2. The van der Waals surface area contributed by atoms with Crippen molar-refractivity contribution in [3.05, 3.63) is 89.9 Å². The van der Waals surface area contributed by atoms with E-state index in [1.807, 2.05) is 59.3 Å². The van der Waals surface area contributed by atoms with Gasteiger partial charge in [0.05, 0.1) is 18.6 Å². The molecule has 0 saturated heterocycles. The molecule has 0 bridgehead atoms. The molecule has 37 heavy (non-hydrogen) atoms. The number of nitrogens with one attached hydrogen (secondary N) is 2. The number of pyridine rings is 1. The van der Waals surface area contributed by atoms with Crippen LogP contribution in [-0.4, -0.2) is 38.7 Å². The number of nitrogens with zero attached hydrogens (tertiary/aromatic N) is 5. The number of halogens is 1. The van der Waals surface area contributed by atoms with E-state index in [2.05, 4.69) is 20.5 Å². The molecule has 8 nitrogen and oxygen atoms in total. The maximum atomic E-state index is 14.2. The third-order valence-corrected chi connectivity index (χ3v) is 7.25. The highest BCUT2D eigenvalue weighted by molar-refractivity contribution is 6.21. The van der Waals surface area contributed by atoms with E-state index in [0.717, 1.165) is 36.3 Å². The molecule has 0 spiro atoms. The maximum absolute atomic E-state index is 14.2. The van der Waals surface area contributed by atoms with E-state index < -0.39 is 0 Å². The van der Waals surface area contributed by atoms with Crippen molar-refractivity contribution in [2.24, 2.45) is 4.99 Å². The standard InChI is InChI=1S/C28H24FN7O/c29-20-8-5-15-30-24(20)18-13-11-17(12-14-18)16-35-27-23(25(34-35)31-19-6-2-1-3-7-19)26(37)33-28-32-21-9-4-10-22(21)36(27)28/h1-3,5-8,11-15,21-22H,4,9-10,16H2,(H,31,34)(H,32,33,37)/t21-,22+/m1/s1. The Morgan fingerprint density at radius 2 is 1.86 bits per heavy atom. The molecular formula is C28H24FN7O. The summed E-state index contributed by atoms with van der Waals surface area (Å²) in [6.45, 7) is 0.443. The zero-order valence-corrected chi connectivity index (χ0v) is 19.9. The van der Waals surface area contributed by atoms with Gasteiger partial charge in [-0.05, 0) is 49.1 Å². The Hall–Kier alpha value is -4.53. The van der Waals surface area contributed by atoms with Crippen molar-refractivity contribution in [3.8, 4) is 11.3 Å². The number of para-hydroxylation sites is 1. The number of guanidine groups is 1. The van der Waals surface area contributed by atoms with Crippen molar-refractivity contribution < 1.29 is 9.18 Å². The quantitative estimate of drug-likeness (QED) is 0.420. The van der Waals surface area contributed by atoms with Crippen molar-refractivity contribution in [2.75, 3.05) is 10.2 Å². The van der Waals surface area contributed by atoms with Crippen LogP contribution in [0.25, 0.3) is 11.3 Å². The lowest BCUT2D eigenvalue weighted by molar-refractivity contribution is 0.0975. The van der Waals surface area contributed by atoms with Crippen molar-refractivity contribution in [3.63, 3.8) is 0 Å². The number of carbonyl (C=O) groups excluding carboxylic acids is 1. The highest BCUT2D eigenvalue weighted by Crippen LogP contribution is 2.41. The van der Waals surface area contributed by atoms with Crippen LogP contribution in [0.3, 0.4) is 0 Å². The Morgan fingerprint density at radius 1 is 1.03 bits per heavy atom. The zero-order valence-electron chi connectivity index (χ0n) is 19.9. The van der Waals surface area contributed by atoms with Crippen LogP contribution in [0.15, 0.2) is 77.9 Å². The molecule has 2 N–H and O–H groups in total. The second-order valence-electron chi connectivity index (χ2n) is 9.57. The van der Waals surface area contributed by atoms with Gasteiger partial charge in [-0.3, -0.25) is 20.0 Å². The molecule has 7 rings (SSSR count). The summed E-state index contributed by atoms with van der Waals surface area (Å²) < 4.78 is 16.1. The number of benzene rings is 2. The molecule has 1 saturated carbocycles. The normalized spacial score (nSPS) is 19.6. The smallest absolute Gasteiger partial charge is 0.265 e. The molecule has 2 aromatic carbocycles. The number of aliphatic imine (C=N–C) groups is 1. The van der Waals surface area contributed by atoms with E-state index in [1.54, 1.807) is 12.3 Å². The summed E-state index contributed by atoms with van der Waals surface area (Å²) in [6.07, 6.45) is 4.73. The SMILES string of the molecule is O=C1NC2=N[C@@H]3CCC[C@@H]3N2c2c1c(Nc1ccccc1)nn2Cc1ccc(-c2ncccc2F)cc1. The minimum atomic E-state index is -0.356. The molecule has 0 unspecified atom stereocenters. The number of hydrogen-bond donors (Lipinski definition) is 2. The Morgan fingerprint density at radius 3 is 2.68 bits per heavy atom. The van der Waals surface area contributed by atoms with E-state index in [4.69, 9.17) is 10.1 Å². The Kier molecular flexibility index (Phi) is 5.02. The predicted octanol–water partition coefficient (Wildman–Crippen LogP) is 4.72. The topological polar surface area (TPSA) is 87.4 Å². The number of amides is 1. The van der Waals surface area contributed by atoms with E-state index in [-0.39, 0.29) is 23.8 Å². The molecule has 0 radical (unpaired) electrons. The molecule has 2 aliphatic heterocycles. The second-order valence-corrected chi connectivity index (χ2v) is 9.57. The van der Waals surface area contributed by atoms with E-state index in [0.29, 0.717) is 35.1 Å². The van der Waals surface area contributed by atoms with Gasteiger partial charge in [0.15, 0.2) is 5.82 Å². The van der Waals surface area contributed by atoms with E-state index in [1.165, 1.54) is 6.07 Å². The highest BCUT2D eigenvalue weighted by Gasteiger charge is 2.47. The summed E-state index contributed by atoms with van der Waals surface area (Å²) in [6, 6.07) is 20.7. The first-order chi connectivity index (χ1) is 18.2. The molecule has 4 aromatic rings. The van der Waals surface area contributed by atoms with Crippen molar-refractivity contribution in [1.29, 1.82) is 0 Å². The van der Waals surface area contributed by atoms with Gasteiger partial charge in [-0.25, -0.2) is 14.1 Å². The van der Waals surface area contributed by atoms with Gasteiger partial charge in [0.25, 0.3) is 5.91 Å². The number of anilines is 3. The van der Waals surface area contributed by atoms with Crippen LogP contribution in [0.4, 0.5) is 21.7 Å². The van der Waals surface area contributed by atoms with Crippen LogP contribution in [0.1, 0.15) is 35.2 Å². The molecular weight excluding hydrogens is 469 g/mol. The number of hydrogen-bond acceptors (Lipinski definition) is 6. The van der Waals surface area contributed by atoms with E-state index in [9.17, 15) is 9.18 Å². The van der Waals surface area contributed by atoms with Crippen molar-refractivity contribution in [2.45, 2.75) is 37.9 Å². The monoisotopic (exact) mass is 493 g/mol. The molecule has 2 atom stereocenters. The summed E-state index contributed by atoms with van der Waals surface area (Å²) in [5.74, 6) is 1.31. The van der Waals surface area contributed by atoms with Gasteiger partial charge in [0.2, 0.25) is 5.96 Å². The van der Waals surface area contributed by atoms with Crippen LogP contribution in [0.5, 0.6) is 0 Å². The molecule has 184 valence electrons. The fraction of sp³-hybridized carbons (Fsp3) is 0.214. The average molecular weight is 494 g/mol. The lowest BCUT2D eigenvalue weighted by Gasteiger charge is -2.31. The maximum Gasteiger partial charge on any atom is 0.265 e. The van der Waals surface area contributed by atoms with Crippen LogP contribution in [0.2, 0.25) is 0 Å². The highest BCUT2D eigenvalue weighted by atomic mass is 19.1. The number of rotatable bonds is 5. The fourth-order valence-corrected chi connectivity index (χ4v) is 5.56. The lowest BCUT2D eigenvalue weighted by Crippen LogP contribution is -2.51. The molecule has 9 heteroatoms. The first kappa shape index (κ1) is 21.7. The van der Waals surface area contributed by atoms with Gasteiger partial charge < -0.3 is 5.32 Å². The van der Waals surface area contributed by atoms with Crippen LogP contribution >= 0.6 is 0 Å². The van der Waals surface area contributed by atoms with Gasteiger partial charge in [0, 0.05) is 17.4 Å². The van der Waals surface area contributed by atoms with Gasteiger partial charge in [-0.1, -0.05) is 42.5 Å². The summed E-state index contributed by atoms with van der Waals surface area (Å²) in [5.41, 5.74) is 3.37. The van der Waals surface area contributed by atoms with Crippen LogP contribution < -0.4 is 15.5 Å². The van der Waals surface area contributed by atoms with Crippen LogP contribution in [-0.2, 0) is 6.54 Å². The molecule has 4 heterocycles. The third-order valence-electron chi connectivity index (χ3n) is 7.25. The Bertz CT molecular complexity index is 1530. The number of fused-ring (bicyclic) bond motifs is 5. The first-order valence-corrected chi connectivity index (χ1v) is 12.5. The Labute approximate surface area is 212 Å². The summed E-state index contributed by atoms with van der Waals surface area (Å²) in [7, 11) is 0.